The summed E-state index contributed by atoms with van der Waals surface area (Å²) in [7, 11) is -2.94. The number of piperidine rings is 1. The molecule has 1 amide bonds. The molecule has 0 aliphatic carbocycles. The zero-order valence-corrected chi connectivity index (χ0v) is 20.2. The highest BCUT2D eigenvalue weighted by Crippen LogP contribution is 2.34. The van der Waals surface area contributed by atoms with Crippen LogP contribution in [0.1, 0.15) is 24.0 Å². The Morgan fingerprint density at radius 1 is 1.00 bits per heavy atom. The minimum atomic E-state index is -2.94. The molecule has 0 spiro atoms. The number of amides is 1. The third-order valence-corrected chi connectivity index (χ3v) is 9.85. The molecule has 2 atom stereocenters. The van der Waals surface area contributed by atoms with Crippen molar-refractivity contribution in [2.75, 3.05) is 29.9 Å². The molecule has 8 heteroatoms. The second kappa shape index (κ2) is 9.50. The fraction of sp³-hybridized carbons (Fsp3) is 0.440. The number of nitrogens with zero attached hydrogens (tertiary/aromatic N) is 2. The molecule has 0 saturated carbocycles. The number of amidine groups is 1. The summed E-state index contributed by atoms with van der Waals surface area (Å²) >= 11 is 1.51. The number of rotatable bonds is 5. The predicted octanol–water partition coefficient (Wildman–Crippen LogP) is 3.39. The van der Waals surface area contributed by atoms with Crippen molar-refractivity contribution in [2.24, 2.45) is 10.9 Å². The molecule has 0 bridgehead atoms. The zero-order valence-electron chi connectivity index (χ0n) is 18.5. The van der Waals surface area contributed by atoms with Crippen molar-refractivity contribution in [1.29, 1.82) is 0 Å². The van der Waals surface area contributed by atoms with Gasteiger partial charge in [0.2, 0.25) is 5.91 Å². The standard InChI is InChI=1S/C25H29N3O3S2/c29-24(28-12-10-20(11-13-28)14-18-4-2-1-3-5-18)15-19-6-8-21(9-7-19)26-25-27-22-16-33(30,31)17-23(22)32-25/h1-9,20,22-23H,10-17H2,(H,26,27)/t22-,23+/m0/s1. The fourth-order valence-corrected chi connectivity index (χ4v) is 8.54. The SMILES string of the molecule is O=C(Cc1ccc(NC2=N[C@H]3CS(=O)(=O)C[C@H]3S2)cc1)N1CCC(Cc2ccccc2)CC1. The highest BCUT2D eigenvalue weighted by molar-refractivity contribution is 8.15. The maximum atomic E-state index is 12.8. The number of aliphatic imine (C=N–C) groups is 1. The number of carbonyl (C=O) groups excluding carboxylic acids is 1. The Labute approximate surface area is 199 Å². The monoisotopic (exact) mass is 483 g/mol. The smallest absolute Gasteiger partial charge is 0.226 e. The van der Waals surface area contributed by atoms with Gasteiger partial charge in [0.1, 0.15) is 0 Å². The van der Waals surface area contributed by atoms with E-state index in [0.29, 0.717) is 12.3 Å². The minimum absolute atomic E-state index is 0.0335. The van der Waals surface area contributed by atoms with Gasteiger partial charge in [0.15, 0.2) is 15.0 Å². The molecule has 1 N–H and O–H groups in total. The van der Waals surface area contributed by atoms with E-state index in [9.17, 15) is 13.2 Å². The van der Waals surface area contributed by atoms with Crippen molar-refractivity contribution in [3.63, 3.8) is 0 Å². The molecule has 0 unspecified atom stereocenters. The van der Waals surface area contributed by atoms with Crippen LogP contribution in [-0.4, -0.2) is 60.3 Å². The lowest BCUT2D eigenvalue weighted by atomic mass is 9.90. The van der Waals surface area contributed by atoms with Crippen LogP contribution < -0.4 is 5.32 Å². The summed E-state index contributed by atoms with van der Waals surface area (Å²) in [6.45, 7) is 1.68. The van der Waals surface area contributed by atoms with Crippen LogP contribution in [0.2, 0.25) is 0 Å². The second-order valence-electron chi connectivity index (χ2n) is 9.25. The molecule has 3 aliphatic rings. The third-order valence-electron chi connectivity index (χ3n) is 6.71. The van der Waals surface area contributed by atoms with E-state index in [0.717, 1.165) is 48.8 Å². The molecule has 6 nitrogen and oxygen atoms in total. The summed E-state index contributed by atoms with van der Waals surface area (Å²) in [5, 5.41) is 4.10. The molecule has 2 fully saturated rings. The van der Waals surface area contributed by atoms with Crippen LogP contribution in [0.3, 0.4) is 0 Å². The van der Waals surface area contributed by atoms with Crippen molar-refractivity contribution >= 4 is 38.4 Å². The molecular formula is C25H29N3O3S2. The number of likely N-dealkylation sites (tertiary alicyclic amines) is 1. The lowest BCUT2D eigenvalue weighted by Crippen LogP contribution is -2.39. The molecule has 3 heterocycles. The predicted molar refractivity (Wildman–Crippen MR) is 134 cm³/mol. The van der Waals surface area contributed by atoms with Crippen molar-refractivity contribution in [3.8, 4) is 0 Å². The van der Waals surface area contributed by atoms with Gasteiger partial charge in [-0.15, -0.1) is 0 Å². The molecule has 2 saturated heterocycles. The maximum absolute atomic E-state index is 12.8. The number of hydrogen-bond donors (Lipinski definition) is 1. The van der Waals surface area contributed by atoms with Crippen LogP contribution in [-0.2, 0) is 27.5 Å². The topological polar surface area (TPSA) is 78.8 Å². The van der Waals surface area contributed by atoms with Crippen molar-refractivity contribution < 1.29 is 13.2 Å². The van der Waals surface area contributed by atoms with Crippen LogP contribution in [0.5, 0.6) is 0 Å². The number of carbonyl (C=O) groups is 1. The first-order chi connectivity index (χ1) is 15.9. The Morgan fingerprint density at radius 3 is 2.42 bits per heavy atom. The Bertz CT molecular complexity index is 1130. The fourth-order valence-electron chi connectivity index (χ4n) is 4.87. The summed E-state index contributed by atoms with van der Waals surface area (Å²) in [6.07, 6.45) is 3.64. The number of hydrogen-bond acceptors (Lipinski definition) is 6. The highest BCUT2D eigenvalue weighted by atomic mass is 32.2. The van der Waals surface area contributed by atoms with Crippen LogP contribution in [0, 0.1) is 5.92 Å². The van der Waals surface area contributed by atoms with Gasteiger partial charge in [-0.25, -0.2) is 8.42 Å². The van der Waals surface area contributed by atoms with Crippen LogP contribution in [0.4, 0.5) is 5.69 Å². The van der Waals surface area contributed by atoms with Crippen LogP contribution in [0.15, 0.2) is 59.6 Å². The number of thioether (sulfide) groups is 1. The number of sulfone groups is 1. The summed E-state index contributed by atoms with van der Waals surface area (Å²) in [5.41, 5.74) is 3.29. The van der Waals surface area contributed by atoms with E-state index in [1.807, 2.05) is 35.2 Å². The lowest BCUT2D eigenvalue weighted by molar-refractivity contribution is -0.131. The molecular weight excluding hydrogens is 454 g/mol. The van der Waals surface area contributed by atoms with Gasteiger partial charge < -0.3 is 10.2 Å². The Kier molecular flexibility index (Phi) is 6.47. The number of nitrogens with one attached hydrogen (secondary N) is 1. The first-order valence-corrected chi connectivity index (χ1v) is 14.3. The Balaban J connectivity index is 1.09. The quantitative estimate of drug-likeness (QED) is 0.705. The van der Waals surface area contributed by atoms with Gasteiger partial charge in [-0.3, -0.25) is 9.79 Å². The molecule has 174 valence electrons. The van der Waals surface area contributed by atoms with Crippen molar-refractivity contribution in [3.05, 3.63) is 65.7 Å². The molecule has 5 rings (SSSR count). The second-order valence-corrected chi connectivity index (χ2v) is 12.6. The first-order valence-electron chi connectivity index (χ1n) is 11.6. The summed E-state index contributed by atoms with van der Waals surface area (Å²) < 4.78 is 23.4. The summed E-state index contributed by atoms with van der Waals surface area (Å²) in [4.78, 5) is 19.3. The largest absolute Gasteiger partial charge is 0.342 e. The van der Waals surface area contributed by atoms with Crippen molar-refractivity contribution in [1.82, 2.24) is 4.90 Å². The van der Waals surface area contributed by atoms with E-state index in [1.54, 1.807) is 0 Å². The van der Waals surface area contributed by atoms with Gasteiger partial charge in [0.05, 0.1) is 24.0 Å². The Morgan fingerprint density at radius 2 is 1.73 bits per heavy atom. The van der Waals surface area contributed by atoms with Gasteiger partial charge in [-0.05, 0) is 48.4 Å². The lowest BCUT2D eigenvalue weighted by Gasteiger charge is -2.32. The molecule has 33 heavy (non-hydrogen) atoms. The molecule has 0 aromatic heterocycles. The van der Waals surface area contributed by atoms with E-state index in [-0.39, 0.29) is 28.7 Å². The number of fused-ring (bicyclic) bond motifs is 1. The highest BCUT2D eigenvalue weighted by Gasteiger charge is 2.42. The van der Waals surface area contributed by atoms with E-state index in [1.165, 1.54) is 17.3 Å². The van der Waals surface area contributed by atoms with Crippen LogP contribution in [0.25, 0.3) is 0 Å². The molecule has 0 radical (unpaired) electrons. The van der Waals surface area contributed by atoms with Gasteiger partial charge in [-0.2, -0.15) is 0 Å². The number of benzene rings is 2. The molecule has 3 aliphatic heterocycles. The van der Waals surface area contributed by atoms with Gasteiger partial charge in [0, 0.05) is 24.0 Å². The third kappa shape index (κ3) is 5.61. The van der Waals surface area contributed by atoms with E-state index < -0.39 is 9.84 Å². The molecule has 2 aromatic rings. The average molecular weight is 484 g/mol. The van der Waals surface area contributed by atoms with Crippen molar-refractivity contribution in [2.45, 2.75) is 37.0 Å². The van der Waals surface area contributed by atoms with Gasteiger partial charge in [0.25, 0.3) is 0 Å². The van der Waals surface area contributed by atoms with Gasteiger partial charge in [-0.1, -0.05) is 54.2 Å². The average Bonchev–Trinajstić information content (AvgIpc) is 3.28. The summed E-state index contributed by atoms with van der Waals surface area (Å²) in [6, 6.07) is 18.4. The van der Waals surface area contributed by atoms with Crippen LogP contribution >= 0.6 is 11.8 Å². The minimum Gasteiger partial charge on any atom is -0.342 e. The van der Waals surface area contributed by atoms with E-state index in [4.69, 9.17) is 0 Å². The zero-order chi connectivity index (χ0) is 22.8. The maximum Gasteiger partial charge on any atom is 0.226 e. The van der Waals surface area contributed by atoms with Gasteiger partial charge >= 0.3 is 0 Å². The normalized spacial score (nSPS) is 24.4. The van der Waals surface area contributed by atoms with E-state index >= 15 is 0 Å². The molecule has 2 aromatic carbocycles. The Hall–Kier alpha value is -2.32. The first kappa shape index (κ1) is 22.5. The van der Waals surface area contributed by atoms with E-state index in [2.05, 4.69) is 34.6 Å². The number of anilines is 1. The summed E-state index contributed by atoms with van der Waals surface area (Å²) in [5.74, 6) is 1.21.